The standard InChI is InChI=1S/C33H40N4O4/c1-3-37(31(39)40)27-15-9-22(10-16-27)17-29(38)36-26-18-28(23-7-5-4-6-8-23)30(35-19-26)24-11-13-25(14-12-24)33(34)20-32(2,41)21-33/h4-8,11-14,18-19,22,27,41H,3,9-10,15-17,20-21,34H2,1-2H3,(H,36,38)(H,39,40)/t22?,27?,32-,33-. The maximum atomic E-state index is 13.0. The average Bonchev–Trinajstić information content (AvgIpc) is 2.93. The van der Waals surface area contributed by atoms with Crippen LogP contribution < -0.4 is 11.1 Å². The van der Waals surface area contributed by atoms with Gasteiger partial charge in [-0.25, -0.2) is 4.79 Å². The number of hydrogen-bond donors (Lipinski definition) is 4. The molecule has 3 aromatic rings. The number of nitrogens with zero attached hydrogens (tertiary/aromatic N) is 2. The first kappa shape index (κ1) is 28.8. The molecule has 1 heterocycles. The number of benzene rings is 2. The lowest BCUT2D eigenvalue weighted by Gasteiger charge is -2.49. The Morgan fingerprint density at radius 1 is 1.02 bits per heavy atom. The predicted octanol–water partition coefficient (Wildman–Crippen LogP) is 6.00. The first-order valence-electron chi connectivity index (χ1n) is 14.5. The highest BCUT2D eigenvalue weighted by Gasteiger charge is 2.49. The summed E-state index contributed by atoms with van der Waals surface area (Å²) < 4.78 is 0. The van der Waals surface area contributed by atoms with E-state index in [1.54, 1.807) is 6.20 Å². The number of hydrogen-bond acceptors (Lipinski definition) is 5. The highest BCUT2D eigenvalue weighted by atomic mass is 16.4. The van der Waals surface area contributed by atoms with E-state index in [1.165, 1.54) is 4.90 Å². The molecule has 5 N–H and O–H groups in total. The number of carboxylic acid groups (broad SMARTS) is 1. The molecule has 0 spiro atoms. The Morgan fingerprint density at radius 2 is 1.68 bits per heavy atom. The van der Waals surface area contributed by atoms with E-state index < -0.39 is 17.2 Å². The van der Waals surface area contributed by atoms with Gasteiger partial charge in [0, 0.05) is 35.7 Å². The SMILES string of the molecule is CCN(C(=O)O)C1CCC(CC(=O)Nc2cnc(-c3ccc([C@]4(N)C[C@](C)(O)C4)cc3)c(-c3ccccc3)c2)CC1. The third-order valence-corrected chi connectivity index (χ3v) is 8.70. The third-order valence-electron chi connectivity index (χ3n) is 8.70. The molecule has 2 aliphatic rings. The number of nitrogens with one attached hydrogen (secondary N) is 1. The molecule has 8 heteroatoms. The highest BCUT2D eigenvalue weighted by Crippen LogP contribution is 2.46. The van der Waals surface area contributed by atoms with Crippen LogP contribution in [0.2, 0.25) is 0 Å². The number of anilines is 1. The van der Waals surface area contributed by atoms with E-state index in [0.29, 0.717) is 31.5 Å². The topological polar surface area (TPSA) is 129 Å². The van der Waals surface area contributed by atoms with Crippen molar-refractivity contribution in [2.24, 2.45) is 11.7 Å². The van der Waals surface area contributed by atoms with Crippen LogP contribution in [0.5, 0.6) is 0 Å². The van der Waals surface area contributed by atoms with E-state index >= 15 is 0 Å². The summed E-state index contributed by atoms with van der Waals surface area (Å²) in [5.74, 6) is 0.185. The van der Waals surface area contributed by atoms with Crippen LogP contribution in [0.25, 0.3) is 22.4 Å². The molecule has 0 saturated heterocycles. The fraction of sp³-hybridized carbons (Fsp3) is 0.424. The second-order valence-corrected chi connectivity index (χ2v) is 12.1. The fourth-order valence-electron chi connectivity index (χ4n) is 6.76. The second-order valence-electron chi connectivity index (χ2n) is 12.1. The molecule has 216 valence electrons. The summed E-state index contributed by atoms with van der Waals surface area (Å²) in [6.07, 6.45) is 5.55. The van der Waals surface area contributed by atoms with E-state index in [-0.39, 0.29) is 17.9 Å². The zero-order valence-electron chi connectivity index (χ0n) is 23.8. The van der Waals surface area contributed by atoms with Crippen molar-refractivity contribution in [2.75, 3.05) is 11.9 Å². The van der Waals surface area contributed by atoms with Gasteiger partial charge in [-0.2, -0.15) is 0 Å². The van der Waals surface area contributed by atoms with Crippen LogP contribution in [0.4, 0.5) is 10.5 Å². The van der Waals surface area contributed by atoms with Crippen LogP contribution in [0.1, 0.15) is 64.4 Å². The van der Waals surface area contributed by atoms with Gasteiger partial charge in [-0.3, -0.25) is 9.78 Å². The Balaban J connectivity index is 1.29. The third kappa shape index (κ3) is 6.44. The first-order chi connectivity index (χ1) is 19.6. The Kier molecular flexibility index (Phi) is 8.16. The van der Waals surface area contributed by atoms with Gasteiger partial charge >= 0.3 is 6.09 Å². The van der Waals surface area contributed by atoms with Crippen LogP contribution in [0.3, 0.4) is 0 Å². The minimum atomic E-state index is -0.870. The molecule has 0 unspecified atom stereocenters. The Bertz CT molecular complexity index is 1370. The van der Waals surface area contributed by atoms with E-state index in [2.05, 4.69) is 5.32 Å². The molecule has 2 saturated carbocycles. The Morgan fingerprint density at radius 3 is 2.27 bits per heavy atom. The quantitative estimate of drug-likeness (QED) is 0.269. The van der Waals surface area contributed by atoms with Gasteiger partial charge in [0.1, 0.15) is 0 Å². The molecule has 0 radical (unpaired) electrons. The van der Waals surface area contributed by atoms with Crippen LogP contribution in [0.15, 0.2) is 66.9 Å². The molecule has 2 aromatic carbocycles. The van der Waals surface area contributed by atoms with Gasteiger partial charge < -0.3 is 26.2 Å². The van der Waals surface area contributed by atoms with Gasteiger partial charge in [0.15, 0.2) is 0 Å². The lowest BCUT2D eigenvalue weighted by molar-refractivity contribution is -0.117. The maximum Gasteiger partial charge on any atom is 0.407 e. The van der Waals surface area contributed by atoms with Crippen LogP contribution >= 0.6 is 0 Å². The summed E-state index contributed by atoms with van der Waals surface area (Å²) in [6.45, 7) is 4.16. The number of carbonyl (C=O) groups is 2. The average molecular weight is 557 g/mol. The van der Waals surface area contributed by atoms with Crippen LogP contribution in [-0.2, 0) is 10.3 Å². The number of carbonyl (C=O) groups excluding carboxylic acids is 1. The van der Waals surface area contributed by atoms with E-state index in [1.807, 2.05) is 74.5 Å². The van der Waals surface area contributed by atoms with Gasteiger partial charge in [-0.1, -0.05) is 54.6 Å². The Hall–Kier alpha value is -3.75. The lowest BCUT2D eigenvalue weighted by Crippen LogP contribution is -2.58. The molecule has 5 rings (SSSR count). The van der Waals surface area contributed by atoms with Gasteiger partial charge in [0.25, 0.3) is 0 Å². The second kappa shape index (κ2) is 11.6. The zero-order valence-corrected chi connectivity index (χ0v) is 23.8. The van der Waals surface area contributed by atoms with Gasteiger partial charge in [-0.15, -0.1) is 0 Å². The maximum absolute atomic E-state index is 13.0. The predicted molar refractivity (Wildman–Crippen MR) is 160 cm³/mol. The molecule has 0 bridgehead atoms. The monoisotopic (exact) mass is 556 g/mol. The van der Waals surface area contributed by atoms with E-state index in [0.717, 1.165) is 53.6 Å². The molecule has 41 heavy (non-hydrogen) atoms. The molecule has 1 aromatic heterocycles. The van der Waals surface area contributed by atoms with Crippen molar-refractivity contribution in [1.29, 1.82) is 0 Å². The van der Waals surface area contributed by atoms with Crippen LogP contribution in [-0.4, -0.2) is 50.3 Å². The smallest absolute Gasteiger partial charge is 0.407 e. The van der Waals surface area contributed by atoms with Gasteiger partial charge in [0.2, 0.25) is 5.91 Å². The van der Waals surface area contributed by atoms with Crippen molar-refractivity contribution in [3.05, 3.63) is 72.4 Å². The zero-order chi connectivity index (χ0) is 29.2. The van der Waals surface area contributed by atoms with Crippen LogP contribution in [0, 0.1) is 5.92 Å². The van der Waals surface area contributed by atoms with E-state index in [4.69, 9.17) is 10.7 Å². The van der Waals surface area contributed by atoms with Crippen molar-refractivity contribution >= 4 is 17.7 Å². The summed E-state index contributed by atoms with van der Waals surface area (Å²) in [7, 11) is 0. The molecule has 2 aliphatic carbocycles. The number of nitrogens with two attached hydrogens (primary N) is 1. The largest absolute Gasteiger partial charge is 0.465 e. The van der Waals surface area contributed by atoms with Crippen molar-refractivity contribution in [3.63, 3.8) is 0 Å². The fourth-order valence-corrected chi connectivity index (χ4v) is 6.76. The number of amides is 2. The first-order valence-corrected chi connectivity index (χ1v) is 14.5. The van der Waals surface area contributed by atoms with E-state index in [9.17, 15) is 19.8 Å². The molecule has 2 fully saturated rings. The lowest BCUT2D eigenvalue weighted by atomic mass is 9.63. The minimum Gasteiger partial charge on any atom is -0.465 e. The summed E-state index contributed by atoms with van der Waals surface area (Å²) in [5.41, 5.74) is 10.6. The van der Waals surface area contributed by atoms with Crippen molar-refractivity contribution in [2.45, 2.75) is 76.0 Å². The number of aliphatic hydroxyl groups is 1. The van der Waals surface area contributed by atoms with Crippen molar-refractivity contribution in [3.8, 4) is 22.4 Å². The molecule has 0 aliphatic heterocycles. The minimum absolute atomic E-state index is 0.0371. The number of aromatic nitrogens is 1. The van der Waals surface area contributed by atoms with Gasteiger partial charge in [-0.05, 0) is 75.5 Å². The number of pyridine rings is 1. The molecule has 0 atom stereocenters. The summed E-state index contributed by atoms with van der Waals surface area (Å²) in [4.78, 5) is 30.8. The molecule has 8 nitrogen and oxygen atoms in total. The summed E-state index contributed by atoms with van der Waals surface area (Å²) in [6, 6.07) is 20.1. The highest BCUT2D eigenvalue weighted by molar-refractivity contribution is 5.93. The normalized spacial score (nSPS) is 25.7. The molecular weight excluding hydrogens is 516 g/mol. The van der Waals surface area contributed by atoms with Gasteiger partial charge in [0.05, 0.1) is 23.2 Å². The summed E-state index contributed by atoms with van der Waals surface area (Å²) in [5, 5.41) is 22.7. The Labute approximate surface area is 241 Å². The molecular formula is C33H40N4O4. The van der Waals surface area contributed by atoms with Crippen molar-refractivity contribution < 1.29 is 19.8 Å². The molecule has 2 amide bonds. The summed E-state index contributed by atoms with van der Waals surface area (Å²) >= 11 is 0. The number of rotatable bonds is 8. The van der Waals surface area contributed by atoms with Crippen molar-refractivity contribution in [1.82, 2.24) is 9.88 Å².